The third-order valence-electron chi connectivity index (χ3n) is 1.64. The summed E-state index contributed by atoms with van der Waals surface area (Å²) in [5.74, 6) is 0. The zero-order chi connectivity index (χ0) is 11.7. The summed E-state index contributed by atoms with van der Waals surface area (Å²) < 4.78 is 7.55. The van der Waals surface area contributed by atoms with Crippen molar-refractivity contribution in [2.45, 2.75) is 0 Å². The fourth-order valence-electron chi connectivity index (χ4n) is 0.981. The Morgan fingerprint density at radius 1 is 0.750 bits per heavy atom. The number of rotatable bonds is 2. The van der Waals surface area contributed by atoms with Crippen LogP contribution in [-0.2, 0) is 0 Å². The molecule has 0 aliphatic carbocycles. The van der Waals surface area contributed by atoms with Crippen LogP contribution in [0.25, 0.3) is 0 Å². The zero-order valence-electron chi connectivity index (χ0n) is 8.34. The molecule has 0 saturated heterocycles. The van der Waals surface area contributed by atoms with E-state index in [9.17, 15) is 0 Å². The second-order valence-electron chi connectivity index (χ2n) is 2.58. The minimum Gasteiger partial charge on any atom is -0.135 e. The molecule has 8 heteroatoms. The summed E-state index contributed by atoms with van der Waals surface area (Å²) in [4.78, 5) is 0. The Labute approximate surface area is 132 Å². The van der Waals surface area contributed by atoms with Gasteiger partial charge in [-0.3, -0.25) is 0 Å². The number of hydrogen-bond acceptors (Lipinski definition) is 8. The second-order valence-corrected chi connectivity index (χ2v) is 10.8. The lowest BCUT2D eigenvalue weighted by Gasteiger charge is -2.00. The maximum Gasteiger partial charge on any atom is 0.0717 e. The van der Waals surface area contributed by atoms with Gasteiger partial charge < -0.3 is 0 Å². The molecule has 0 unspecified atom stereocenters. The van der Waals surface area contributed by atoms with E-state index in [1.165, 1.54) is 16.9 Å². The number of hydrogen-bond donors (Lipinski definition) is 2. The van der Waals surface area contributed by atoms with Crippen LogP contribution in [0.3, 0.4) is 0 Å². The van der Waals surface area contributed by atoms with E-state index in [0.29, 0.717) is 0 Å². The summed E-state index contributed by atoms with van der Waals surface area (Å²) in [6, 6.07) is 0. The molecule has 0 aromatic carbocycles. The van der Waals surface area contributed by atoms with Gasteiger partial charge in [-0.1, -0.05) is 47.0 Å². The van der Waals surface area contributed by atoms with Crippen molar-refractivity contribution in [2.24, 2.45) is 0 Å². The van der Waals surface area contributed by atoms with Crippen molar-refractivity contribution in [2.75, 3.05) is 12.5 Å². The van der Waals surface area contributed by atoms with E-state index in [0.717, 1.165) is 8.47 Å². The van der Waals surface area contributed by atoms with Gasteiger partial charge >= 0.3 is 0 Å². The molecule has 0 saturated carbocycles. The van der Waals surface area contributed by atoms with Crippen molar-refractivity contribution >= 4 is 95.8 Å². The highest BCUT2D eigenvalue weighted by Gasteiger charge is 2.27. The lowest BCUT2D eigenvalue weighted by atomic mass is 11.2. The normalized spacial score (nSPS) is 26.2. The van der Waals surface area contributed by atoms with Crippen LogP contribution in [0.15, 0.2) is 25.4 Å². The fourth-order valence-corrected chi connectivity index (χ4v) is 9.50. The van der Waals surface area contributed by atoms with Crippen LogP contribution >= 0.6 is 95.8 Å². The van der Waals surface area contributed by atoms with E-state index in [2.05, 4.69) is 37.8 Å². The summed E-state index contributed by atoms with van der Waals surface area (Å²) in [6.45, 7) is 0. The molecule has 16 heavy (non-hydrogen) atoms. The predicted molar refractivity (Wildman–Crippen MR) is 96.4 cm³/mol. The third-order valence-corrected chi connectivity index (χ3v) is 11.1. The first-order valence-electron chi connectivity index (χ1n) is 4.05. The van der Waals surface area contributed by atoms with Gasteiger partial charge in [0.1, 0.15) is 0 Å². The zero-order valence-corrected chi connectivity index (χ0v) is 15.0. The Balaban J connectivity index is 2.13. The molecule has 0 spiro atoms. The van der Waals surface area contributed by atoms with Crippen LogP contribution in [0, 0.1) is 0 Å². The standard InChI is InChI=1S/C8H8S8/c1-11-5-3(9)13-7(15-5)8-14-4(10)6(12-2)16-8/h9-10H,1-2H3/b8-7-. The molecule has 0 aromatic rings. The van der Waals surface area contributed by atoms with Crippen LogP contribution in [0.2, 0.25) is 0 Å². The first-order valence-corrected chi connectivity index (χ1v) is 10.7. The summed E-state index contributed by atoms with van der Waals surface area (Å²) in [5, 5.41) is 0. The van der Waals surface area contributed by atoms with E-state index >= 15 is 0 Å². The summed E-state index contributed by atoms with van der Waals surface area (Å²) in [7, 11) is 0. The third kappa shape index (κ3) is 3.12. The van der Waals surface area contributed by atoms with Gasteiger partial charge in [-0.2, -0.15) is 0 Å². The van der Waals surface area contributed by atoms with Gasteiger partial charge in [-0.15, -0.1) is 48.8 Å². The van der Waals surface area contributed by atoms with Crippen molar-refractivity contribution in [1.82, 2.24) is 0 Å². The topological polar surface area (TPSA) is 0 Å². The van der Waals surface area contributed by atoms with Crippen molar-refractivity contribution in [3.05, 3.63) is 25.4 Å². The Kier molecular flexibility index (Phi) is 5.82. The SMILES string of the molecule is CSC1=C(S)S/C(=C2\SC(S)=C(SC)S2)S1. The molecule has 0 bridgehead atoms. The first kappa shape index (κ1) is 14.4. The highest BCUT2D eigenvalue weighted by atomic mass is 32.3. The van der Waals surface area contributed by atoms with Crippen molar-refractivity contribution in [1.29, 1.82) is 0 Å². The summed E-state index contributed by atoms with van der Waals surface area (Å²) in [5.41, 5.74) is 0. The van der Waals surface area contributed by atoms with Crippen molar-refractivity contribution in [3.63, 3.8) is 0 Å². The average molecular weight is 361 g/mol. The van der Waals surface area contributed by atoms with Crippen LogP contribution < -0.4 is 0 Å². The Morgan fingerprint density at radius 3 is 1.38 bits per heavy atom. The quantitative estimate of drug-likeness (QED) is 0.583. The van der Waals surface area contributed by atoms with E-state index < -0.39 is 0 Å². The van der Waals surface area contributed by atoms with E-state index in [1.807, 2.05) is 23.5 Å². The Morgan fingerprint density at radius 2 is 1.12 bits per heavy atom. The summed E-state index contributed by atoms with van der Waals surface area (Å²) >= 11 is 19.7. The molecule has 2 aliphatic heterocycles. The molecular formula is C8H8S8. The highest BCUT2D eigenvalue weighted by Crippen LogP contribution is 2.63. The monoisotopic (exact) mass is 360 g/mol. The largest absolute Gasteiger partial charge is 0.135 e. The van der Waals surface area contributed by atoms with Gasteiger partial charge in [-0.25, -0.2) is 0 Å². The molecule has 0 radical (unpaired) electrons. The number of thiol groups is 2. The molecule has 0 N–H and O–H groups in total. The Hall–Kier alpha value is 2.02. The smallest absolute Gasteiger partial charge is 0.0717 e. The molecule has 2 rings (SSSR count). The average Bonchev–Trinajstić information content (AvgIpc) is 2.81. The minimum absolute atomic E-state index is 1.12. The Bertz CT molecular complexity index is 366. The van der Waals surface area contributed by atoms with Crippen LogP contribution in [0.1, 0.15) is 0 Å². The van der Waals surface area contributed by atoms with E-state index in [4.69, 9.17) is 0 Å². The first-order chi connectivity index (χ1) is 7.65. The molecule has 88 valence electrons. The lowest BCUT2D eigenvalue weighted by molar-refractivity contribution is 2.34. The molecule has 0 amide bonds. The maximum absolute atomic E-state index is 4.50. The van der Waals surface area contributed by atoms with Gasteiger partial charge in [0, 0.05) is 0 Å². The van der Waals surface area contributed by atoms with Gasteiger partial charge in [0.15, 0.2) is 0 Å². The van der Waals surface area contributed by atoms with Crippen LogP contribution in [-0.4, -0.2) is 12.5 Å². The second kappa shape index (κ2) is 6.45. The van der Waals surface area contributed by atoms with Gasteiger partial charge in [-0.05, 0) is 12.5 Å². The van der Waals surface area contributed by atoms with Crippen molar-refractivity contribution < 1.29 is 0 Å². The molecule has 0 fully saturated rings. The fraction of sp³-hybridized carbons (Fsp3) is 0.250. The molecular weight excluding hydrogens is 353 g/mol. The van der Waals surface area contributed by atoms with Gasteiger partial charge in [0.25, 0.3) is 0 Å². The van der Waals surface area contributed by atoms with E-state index in [-0.39, 0.29) is 0 Å². The molecule has 2 heterocycles. The van der Waals surface area contributed by atoms with Crippen LogP contribution in [0.4, 0.5) is 0 Å². The van der Waals surface area contributed by atoms with E-state index in [1.54, 1.807) is 47.0 Å². The van der Waals surface area contributed by atoms with Gasteiger partial charge in [0.05, 0.1) is 25.4 Å². The molecule has 0 atom stereocenters. The lowest BCUT2D eigenvalue weighted by Crippen LogP contribution is -1.66. The highest BCUT2D eigenvalue weighted by molar-refractivity contribution is 8.43. The summed E-state index contributed by atoms with van der Waals surface area (Å²) in [6.07, 6.45) is 4.19. The molecule has 0 nitrogen and oxygen atoms in total. The maximum atomic E-state index is 4.50. The predicted octanol–water partition coefficient (Wildman–Crippen LogP) is 5.91. The van der Waals surface area contributed by atoms with Crippen LogP contribution in [0.5, 0.6) is 0 Å². The number of thioether (sulfide) groups is 6. The molecule has 2 aliphatic rings. The van der Waals surface area contributed by atoms with Crippen molar-refractivity contribution in [3.8, 4) is 0 Å². The van der Waals surface area contributed by atoms with Gasteiger partial charge in [0.2, 0.25) is 0 Å². The molecule has 0 aromatic heterocycles. The minimum atomic E-state index is 1.12.